The minimum absolute atomic E-state index is 0.291. The molecule has 148 valence electrons. The molecule has 4 N–H and O–H groups in total. The van der Waals surface area contributed by atoms with Crippen molar-refractivity contribution in [3.8, 4) is 0 Å². The van der Waals surface area contributed by atoms with Crippen molar-refractivity contribution in [2.45, 2.75) is 24.5 Å². The SMILES string of the molecule is N=Cc1cc(SNc2cccc(F)n2)c(F)cc1NCc1cccc2c1CNC2. The Morgan fingerprint density at radius 2 is 2.00 bits per heavy atom. The van der Waals surface area contributed by atoms with Gasteiger partial charge in [0.2, 0.25) is 5.95 Å². The minimum Gasteiger partial charge on any atom is -0.380 e. The third-order valence-corrected chi connectivity index (χ3v) is 5.54. The van der Waals surface area contributed by atoms with Gasteiger partial charge in [0, 0.05) is 37.1 Å². The number of hydrogen-bond acceptors (Lipinski definition) is 6. The van der Waals surface area contributed by atoms with Crippen molar-refractivity contribution in [1.82, 2.24) is 10.3 Å². The number of rotatable bonds is 7. The van der Waals surface area contributed by atoms with Crippen molar-refractivity contribution in [1.29, 1.82) is 5.41 Å². The summed E-state index contributed by atoms with van der Waals surface area (Å²) in [6, 6.07) is 13.5. The predicted octanol–water partition coefficient (Wildman–Crippen LogP) is 4.69. The Labute approximate surface area is 171 Å². The van der Waals surface area contributed by atoms with Gasteiger partial charge in [0.25, 0.3) is 0 Å². The molecule has 0 amide bonds. The molecule has 0 bridgehead atoms. The Kier molecular flexibility index (Phi) is 5.73. The second-order valence-electron chi connectivity index (χ2n) is 6.58. The predicted molar refractivity (Wildman–Crippen MR) is 112 cm³/mol. The maximum Gasteiger partial charge on any atom is 0.214 e. The number of hydrogen-bond donors (Lipinski definition) is 4. The molecule has 8 heteroatoms. The number of nitrogens with zero attached hydrogens (tertiary/aromatic N) is 1. The third kappa shape index (κ3) is 4.38. The summed E-state index contributed by atoms with van der Waals surface area (Å²) < 4.78 is 30.6. The molecule has 0 spiro atoms. The third-order valence-electron chi connectivity index (χ3n) is 4.70. The number of halogens is 2. The fraction of sp³-hybridized carbons (Fsp3) is 0.143. The highest BCUT2D eigenvalue weighted by atomic mass is 32.2. The second kappa shape index (κ2) is 8.59. The number of aromatic nitrogens is 1. The van der Waals surface area contributed by atoms with Crippen LogP contribution in [0.1, 0.15) is 22.3 Å². The maximum absolute atomic E-state index is 14.6. The fourth-order valence-corrected chi connectivity index (χ4v) is 3.92. The lowest BCUT2D eigenvalue weighted by atomic mass is 10.0. The zero-order valence-corrected chi connectivity index (χ0v) is 16.2. The van der Waals surface area contributed by atoms with Crippen LogP contribution in [-0.4, -0.2) is 11.2 Å². The van der Waals surface area contributed by atoms with E-state index in [-0.39, 0.29) is 0 Å². The largest absolute Gasteiger partial charge is 0.380 e. The van der Waals surface area contributed by atoms with E-state index < -0.39 is 11.8 Å². The van der Waals surface area contributed by atoms with Crippen molar-refractivity contribution in [2.24, 2.45) is 0 Å². The Morgan fingerprint density at radius 1 is 1.14 bits per heavy atom. The lowest BCUT2D eigenvalue weighted by Gasteiger charge is -2.14. The standard InChI is InChI=1S/C21H19F2N5S/c22-17-8-18(26-11-14-4-1-3-13-10-25-12-16(13)14)15(9-24)7-19(17)29-28-21-6-2-5-20(23)27-21/h1-9,24-26H,10-12H2,(H,27,28). The maximum atomic E-state index is 14.6. The number of pyridine rings is 1. The molecule has 1 aliphatic heterocycles. The van der Waals surface area contributed by atoms with Crippen LogP contribution in [0.2, 0.25) is 0 Å². The van der Waals surface area contributed by atoms with Gasteiger partial charge in [-0.05, 0) is 52.9 Å². The molecule has 3 aromatic rings. The summed E-state index contributed by atoms with van der Waals surface area (Å²) in [4.78, 5) is 3.98. The fourth-order valence-electron chi connectivity index (χ4n) is 3.25. The average Bonchev–Trinajstić information content (AvgIpc) is 3.21. The van der Waals surface area contributed by atoms with E-state index >= 15 is 0 Å². The van der Waals surface area contributed by atoms with Gasteiger partial charge in [-0.1, -0.05) is 24.3 Å². The van der Waals surface area contributed by atoms with Gasteiger partial charge >= 0.3 is 0 Å². The molecule has 0 radical (unpaired) electrons. The van der Waals surface area contributed by atoms with Gasteiger partial charge in [-0.15, -0.1) is 0 Å². The van der Waals surface area contributed by atoms with Crippen LogP contribution in [0.4, 0.5) is 20.3 Å². The summed E-state index contributed by atoms with van der Waals surface area (Å²) in [5.74, 6) is -0.759. The monoisotopic (exact) mass is 411 g/mol. The van der Waals surface area contributed by atoms with Gasteiger partial charge in [-0.25, -0.2) is 9.37 Å². The molecule has 2 heterocycles. The lowest BCUT2D eigenvalue weighted by Crippen LogP contribution is -2.07. The highest BCUT2D eigenvalue weighted by Crippen LogP contribution is 2.29. The Bertz CT molecular complexity index is 1060. The number of anilines is 2. The van der Waals surface area contributed by atoms with Crippen molar-refractivity contribution >= 4 is 29.7 Å². The molecule has 0 fully saturated rings. The van der Waals surface area contributed by atoms with E-state index in [1.54, 1.807) is 12.1 Å². The Hall–Kier alpha value is -2.97. The van der Waals surface area contributed by atoms with Crippen LogP contribution < -0.4 is 15.4 Å². The molecule has 5 nitrogen and oxygen atoms in total. The molecule has 0 atom stereocenters. The van der Waals surface area contributed by atoms with Gasteiger partial charge < -0.3 is 20.8 Å². The van der Waals surface area contributed by atoms with E-state index in [9.17, 15) is 8.78 Å². The first-order valence-electron chi connectivity index (χ1n) is 9.07. The van der Waals surface area contributed by atoms with Crippen LogP contribution in [0.25, 0.3) is 0 Å². The smallest absolute Gasteiger partial charge is 0.214 e. The molecule has 2 aromatic carbocycles. The van der Waals surface area contributed by atoms with E-state index in [1.165, 1.54) is 35.5 Å². The van der Waals surface area contributed by atoms with E-state index in [2.05, 4.69) is 32.5 Å². The summed E-state index contributed by atoms with van der Waals surface area (Å²) in [5, 5.41) is 14.3. The van der Waals surface area contributed by atoms with Crippen LogP contribution in [0, 0.1) is 17.2 Å². The Balaban J connectivity index is 1.49. The van der Waals surface area contributed by atoms with E-state index in [0.29, 0.717) is 28.5 Å². The summed E-state index contributed by atoms with van der Waals surface area (Å²) in [7, 11) is 0. The summed E-state index contributed by atoms with van der Waals surface area (Å²) in [6.45, 7) is 2.24. The summed E-state index contributed by atoms with van der Waals surface area (Å²) in [6.07, 6.45) is 1.18. The molecule has 1 aromatic heterocycles. The summed E-state index contributed by atoms with van der Waals surface area (Å²) in [5.41, 5.74) is 4.83. The van der Waals surface area contributed by atoms with E-state index in [0.717, 1.165) is 30.6 Å². The first-order chi connectivity index (χ1) is 14.1. The van der Waals surface area contributed by atoms with E-state index in [4.69, 9.17) is 5.41 Å². The average molecular weight is 411 g/mol. The summed E-state index contributed by atoms with van der Waals surface area (Å²) >= 11 is 0.984. The number of nitrogens with one attached hydrogen (secondary N) is 4. The molecule has 0 saturated carbocycles. The number of benzene rings is 2. The van der Waals surface area contributed by atoms with Crippen LogP contribution in [0.3, 0.4) is 0 Å². The van der Waals surface area contributed by atoms with Gasteiger partial charge in [0.15, 0.2) is 0 Å². The van der Waals surface area contributed by atoms with E-state index in [1.807, 2.05) is 6.07 Å². The van der Waals surface area contributed by atoms with Crippen LogP contribution >= 0.6 is 11.9 Å². The van der Waals surface area contributed by atoms with Crippen molar-refractivity contribution in [3.63, 3.8) is 0 Å². The number of fused-ring (bicyclic) bond motifs is 1. The van der Waals surface area contributed by atoms with Gasteiger partial charge in [0.1, 0.15) is 11.6 Å². The molecule has 0 aliphatic carbocycles. The van der Waals surface area contributed by atoms with Gasteiger partial charge in [-0.2, -0.15) is 4.39 Å². The second-order valence-corrected chi connectivity index (χ2v) is 7.42. The topological polar surface area (TPSA) is 72.8 Å². The lowest BCUT2D eigenvalue weighted by molar-refractivity contribution is 0.586. The van der Waals surface area contributed by atoms with Crippen LogP contribution in [0.15, 0.2) is 53.4 Å². The van der Waals surface area contributed by atoms with Gasteiger partial charge in [0.05, 0.1) is 4.90 Å². The molecule has 0 saturated heterocycles. The molecule has 4 rings (SSSR count). The quantitative estimate of drug-likeness (QED) is 0.258. The van der Waals surface area contributed by atoms with Crippen molar-refractivity contribution in [2.75, 3.05) is 10.0 Å². The van der Waals surface area contributed by atoms with Crippen LogP contribution in [0.5, 0.6) is 0 Å². The first kappa shape index (κ1) is 19.4. The normalized spacial score (nSPS) is 12.5. The molecule has 1 aliphatic rings. The van der Waals surface area contributed by atoms with Gasteiger partial charge in [-0.3, -0.25) is 0 Å². The van der Waals surface area contributed by atoms with Crippen molar-refractivity contribution in [3.05, 3.63) is 82.5 Å². The highest BCUT2D eigenvalue weighted by molar-refractivity contribution is 8.00. The first-order valence-corrected chi connectivity index (χ1v) is 9.89. The highest BCUT2D eigenvalue weighted by Gasteiger charge is 2.15. The zero-order valence-electron chi connectivity index (χ0n) is 15.4. The molecule has 29 heavy (non-hydrogen) atoms. The van der Waals surface area contributed by atoms with Crippen LogP contribution in [-0.2, 0) is 19.6 Å². The Morgan fingerprint density at radius 3 is 2.83 bits per heavy atom. The molecular weight excluding hydrogens is 392 g/mol. The van der Waals surface area contributed by atoms with Crippen molar-refractivity contribution < 1.29 is 8.78 Å². The minimum atomic E-state index is -0.613. The molecular formula is C21H19F2N5S. The zero-order chi connectivity index (χ0) is 20.2. The molecule has 0 unspecified atom stereocenters.